The van der Waals surface area contributed by atoms with E-state index in [9.17, 15) is 23.1 Å². The average Bonchev–Trinajstić information content (AvgIpc) is 3.30. The van der Waals surface area contributed by atoms with Crippen molar-refractivity contribution in [3.05, 3.63) is 70.8 Å². The molecular formula is C26H30F3NO4. The van der Waals surface area contributed by atoms with Gasteiger partial charge in [0.15, 0.2) is 6.10 Å². The van der Waals surface area contributed by atoms with Crippen LogP contribution in [0.25, 0.3) is 5.70 Å². The lowest BCUT2D eigenvalue weighted by atomic mass is 10.0. The van der Waals surface area contributed by atoms with E-state index in [0.717, 1.165) is 41.8 Å². The molecule has 184 valence electrons. The number of hydroxylamine groups is 1. The third-order valence-electron chi connectivity index (χ3n) is 5.91. The van der Waals surface area contributed by atoms with Gasteiger partial charge >= 0.3 is 12.1 Å². The summed E-state index contributed by atoms with van der Waals surface area (Å²) in [5.74, 6) is -0.0973. The number of allylic oxidation sites excluding steroid dienone is 1. The number of nitrogens with one attached hydrogen (secondary N) is 1. The van der Waals surface area contributed by atoms with E-state index in [1.54, 1.807) is 13.0 Å². The van der Waals surface area contributed by atoms with Crippen molar-refractivity contribution in [2.45, 2.75) is 64.8 Å². The number of carboxylic acids is 1. The minimum Gasteiger partial charge on any atom is -0.479 e. The van der Waals surface area contributed by atoms with E-state index in [0.29, 0.717) is 23.7 Å². The molecule has 2 N–H and O–H groups in total. The van der Waals surface area contributed by atoms with Crippen LogP contribution in [0.5, 0.6) is 5.75 Å². The smallest absolute Gasteiger partial charge is 0.416 e. The Labute approximate surface area is 197 Å². The molecule has 0 heterocycles. The van der Waals surface area contributed by atoms with Gasteiger partial charge in [0.1, 0.15) is 5.75 Å². The number of rotatable bonds is 10. The first-order chi connectivity index (χ1) is 16.2. The molecule has 0 bridgehead atoms. The Balaban J connectivity index is 1.72. The zero-order chi connectivity index (χ0) is 24.7. The monoisotopic (exact) mass is 477 g/mol. The maximum Gasteiger partial charge on any atom is 0.416 e. The van der Waals surface area contributed by atoms with Gasteiger partial charge in [0.25, 0.3) is 0 Å². The van der Waals surface area contributed by atoms with Crippen molar-refractivity contribution < 1.29 is 32.6 Å². The fourth-order valence-corrected chi connectivity index (χ4v) is 3.95. The molecule has 2 aromatic carbocycles. The molecule has 1 aliphatic rings. The van der Waals surface area contributed by atoms with Crippen LogP contribution in [0.2, 0.25) is 0 Å². The van der Waals surface area contributed by atoms with E-state index >= 15 is 0 Å². The summed E-state index contributed by atoms with van der Waals surface area (Å²) in [6.07, 6.45) is 1.69. The first-order valence-corrected chi connectivity index (χ1v) is 11.4. The first kappa shape index (κ1) is 25.6. The summed E-state index contributed by atoms with van der Waals surface area (Å²) < 4.78 is 43.9. The van der Waals surface area contributed by atoms with Gasteiger partial charge in [-0.15, -0.1) is 0 Å². The lowest BCUT2D eigenvalue weighted by Gasteiger charge is -2.18. The van der Waals surface area contributed by atoms with Gasteiger partial charge < -0.3 is 9.84 Å². The van der Waals surface area contributed by atoms with Gasteiger partial charge in [0.2, 0.25) is 0 Å². The summed E-state index contributed by atoms with van der Waals surface area (Å²) in [6.45, 7) is 3.70. The second-order valence-electron chi connectivity index (χ2n) is 8.54. The molecule has 1 saturated carbocycles. The number of hydrogen-bond donors (Lipinski definition) is 2. The molecule has 34 heavy (non-hydrogen) atoms. The summed E-state index contributed by atoms with van der Waals surface area (Å²) in [6, 6.07) is 10.4. The Hall–Kier alpha value is -3.00. The molecule has 1 aliphatic carbocycles. The molecule has 0 radical (unpaired) electrons. The third-order valence-corrected chi connectivity index (χ3v) is 5.91. The molecule has 5 nitrogen and oxygen atoms in total. The van der Waals surface area contributed by atoms with E-state index in [2.05, 4.69) is 11.6 Å². The van der Waals surface area contributed by atoms with Gasteiger partial charge in [0, 0.05) is 5.56 Å². The van der Waals surface area contributed by atoms with Crippen molar-refractivity contribution in [2.75, 3.05) is 0 Å². The highest BCUT2D eigenvalue weighted by atomic mass is 19.4. The van der Waals surface area contributed by atoms with Crippen LogP contribution in [0.15, 0.2) is 48.5 Å². The zero-order valence-corrected chi connectivity index (χ0v) is 19.3. The van der Waals surface area contributed by atoms with Crippen LogP contribution in [0.3, 0.4) is 0 Å². The quantitative estimate of drug-likeness (QED) is 0.382. The molecule has 8 heteroatoms. The molecular weight excluding hydrogens is 447 g/mol. The number of alkyl halides is 3. The lowest BCUT2D eigenvalue weighted by molar-refractivity contribution is -0.145. The predicted molar refractivity (Wildman–Crippen MR) is 123 cm³/mol. The van der Waals surface area contributed by atoms with Crippen molar-refractivity contribution in [3.63, 3.8) is 0 Å². The maximum atomic E-state index is 12.8. The first-order valence-electron chi connectivity index (χ1n) is 11.4. The van der Waals surface area contributed by atoms with Gasteiger partial charge in [-0.05, 0) is 73.6 Å². The van der Waals surface area contributed by atoms with Crippen LogP contribution in [-0.2, 0) is 22.4 Å². The standard InChI is InChI=1S/C26H30F3NO4/c1-3-23(25(31)32)34-24-13-10-20(14-17(24)2)22(15-18-6-4-5-7-18)30-33-16-19-8-11-21(12-9-19)26(27,28)29/h8-15,18,23,30H,3-7,16H2,1-2H3,(H,31,32). The summed E-state index contributed by atoms with van der Waals surface area (Å²) >= 11 is 0. The molecule has 0 saturated heterocycles. The number of aliphatic carboxylic acids is 1. The van der Waals surface area contributed by atoms with E-state index in [1.165, 1.54) is 25.0 Å². The molecule has 0 spiro atoms. The molecule has 1 atom stereocenters. The Morgan fingerprint density at radius 3 is 2.41 bits per heavy atom. The molecule has 0 aromatic heterocycles. The minimum atomic E-state index is -4.37. The number of ether oxygens (including phenoxy) is 1. The highest BCUT2D eigenvalue weighted by molar-refractivity contribution is 5.73. The van der Waals surface area contributed by atoms with Crippen LogP contribution in [-0.4, -0.2) is 17.2 Å². The van der Waals surface area contributed by atoms with E-state index in [1.807, 2.05) is 19.1 Å². The van der Waals surface area contributed by atoms with Crippen LogP contribution in [0.1, 0.15) is 61.3 Å². The van der Waals surface area contributed by atoms with Crippen molar-refractivity contribution in [1.82, 2.24) is 5.48 Å². The minimum absolute atomic E-state index is 0.0944. The van der Waals surface area contributed by atoms with Gasteiger partial charge in [-0.25, -0.2) is 4.79 Å². The van der Waals surface area contributed by atoms with Crippen molar-refractivity contribution >= 4 is 11.7 Å². The van der Waals surface area contributed by atoms with Gasteiger partial charge in [-0.1, -0.05) is 38.0 Å². The summed E-state index contributed by atoms with van der Waals surface area (Å²) in [4.78, 5) is 16.9. The lowest BCUT2D eigenvalue weighted by Crippen LogP contribution is -2.26. The highest BCUT2D eigenvalue weighted by Crippen LogP contribution is 2.31. The molecule has 1 fully saturated rings. The SMILES string of the molecule is CCC(Oc1ccc(C(=CC2CCCC2)NOCc2ccc(C(F)(F)F)cc2)cc1C)C(=O)O. The number of aryl methyl sites for hydroxylation is 1. The van der Waals surface area contributed by atoms with Crippen LogP contribution in [0, 0.1) is 12.8 Å². The van der Waals surface area contributed by atoms with Crippen molar-refractivity contribution in [3.8, 4) is 5.75 Å². The topological polar surface area (TPSA) is 67.8 Å². The largest absolute Gasteiger partial charge is 0.479 e. The molecule has 1 unspecified atom stereocenters. The molecule has 3 rings (SSSR count). The van der Waals surface area contributed by atoms with Gasteiger partial charge in [-0.3, -0.25) is 10.3 Å². The van der Waals surface area contributed by atoms with Crippen LogP contribution >= 0.6 is 0 Å². The van der Waals surface area contributed by atoms with Crippen LogP contribution in [0.4, 0.5) is 13.2 Å². The molecule has 0 aliphatic heterocycles. The second-order valence-corrected chi connectivity index (χ2v) is 8.54. The normalized spacial score (nSPS) is 15.9. The Kier molecular flexibility index (Phi) is 8.61. The van der Waals surface area contributed by atoms with Gasteiger partial charge in [-0.2, -0.15) is 13.2 Å². The zero-order valence-electron chi connectivity index (χ0n) is 19.3. The van der Waals surface area contributed by atoms with Crippen LogP contribution < -0.4 is 10.2 Å². The number of benzene rings is 2. The third kappa shape index (κ3) is 7.00. The second kappa shape index (κ2) is 11.4. The Bertz CT molecular complexity index is 996. The molecule has 2 aromatic rings. The number of hydrogen-bond acceptors (Lipinski definition) is 4. The Morgan fingerprint density at radius 2 is 1.85 bits per heavy atom. The predicted octanol–water partition coefficient (Wildman–Crippen LogP) is 6.51. The molecule has 0 amide bonds. The number of carboxylic acid groups (broad SMARTS) is 1. The maximum absolute atomic E-state index is 12.8. The summed E-state index contributed by atoms with van der Waals surface area (Å²) in [7, 11) is 0. The fourth-order valence-electron chi connectivity index (χ4n) is 3.95. The van der Waals surface area contributed by atoms with E-state index in [4.69, 9.17) is 9.57 Å². The van der Waals surface area contributed by atoms with Crippen molar-refractivity contribution in [2.24, 2.45) is 5.92 Å². The van der Waals surface area contributed by atoms with E-state index < -0.39 is 23.8 Å². The average molecular weight is 478 g/mol. The number of carbonyl (C=O) groups is 1. The summed E-state index contributed by atoms with van der Waals surface area (Å²) in [5, 5.41) is 9.26. The van der Waals surface area contributed by atoms with Gasteiger partial charge in [0.05, 0.1) is 17.9 Å². The highest BCUT2D eigenvalue weighted by Gasteiger charge is 2.29. The summed E-state index contributed by atoms with van der Waals surface area (Å²) in [5.41, 5.74) is 5.30. The van der Waals surface area contributed by atoms with E-state index in [-0.39, 0.29) is 6.61 Å². The fraction of sp³-hybridized carbons (Fsp3) is 0.423. The number of halogens is 3. The van der Waals surface area contributed by atoms with Crippen molar-refractivity contribution in [1.29, 1.82) is 0 Å². The Morgan fingerprint density at radius 1 is 1.18 bits per heavy atom.